The van der Waals surface area contributed by atoms with Crippen LogP contribution in [0.4, 0.5) is 0 Å². The molecule has 0 saturated heterocycles. The monoisotopic (exact) mass is 394 g/mol. The van der Waals surface area contributed by atoms with E-state index in [0.717, 1.165) is 21.8 Å². The molecular formula is C18H19ClN2O4S. The highest BCUT2D eigenvalue weighted by Crippen LogP contribution is 2.38. The Labute approximate surface area is 158 Å². The molecule has 1 heterocycles. The lowest BCUT2D eigenvalue weighted by atomic mass is 9.99. The first-order valence-electron chi connectivity index (χ1n) is 7.89. The fraction of sp³-hybridized carbons (Fsp3) is 0.278. The van der Waals surface area contributed by atoms with Crippen LogP contribution >= 0.6 is 11.6 Å². The summed E-state index contributed by atoms with van der Waals surface area (Å²) >= 11 is 6.29. The van der Waals surface area contributed by atoms with E-state index in [0.29, 0.717) is 28.7 Å². The molecule has 1 aliphatic heterocycles. The second kappa shape index (κ2) is 7.17. The summed E-state index contributed by atoms with van der Waals surface area (Å²) in [7, 11) is -0.447. The van der Waals surface area contributed by atoms with E-state index in [2.05, 4.69) is 5.10 Å². The van der Waals surface area contributed by atoms with Crippen LogP contribution in [0, 0.1) is 0 Å². The number of ether oxygens (including phenoxy) is 2. The first-order chi connectivity index (χ1) is 12.3. The van der Waals surface area contributed by atoms with Crippen molar-refractivity contribution in [3.05, 3.63) is 58.6 Å². The zero-order valence-corrected chi connectivity index (χ0v) is 16.2. The number of hydrogen-bond acceptors (Lipinski definition) is 5. The molecule has 26 heavy (non-hydrogen) atoms. The van der Waals surface area contributed by atoms with Crippen molar-refractivity contribution >= 4 is 27.3 Å². The van der Waals surface area contributed by atoms with Gasteiger partial charge >= 0.3 is 0 Å². The average molecular weight is 395 g/mol. The molecule has 2 aromatic carbocycles. The maximum absolute atomic E-state index is 12.3. The van der Waals surface area contributed by atoms with E-state index in [4.69, 9.17) is 21.1 Å². The molecule has 1 aliphatic rings. The predicted molar refractivity (Wildman–Crippen MR) is 102 cm³/mol. The smallest absolute Gasteiger partial charge is 0.247 e. The number of hydrogen-bond donors (Lipinski definition) is 0. The second-order valence-corrected chi connectivity index (χ2v) is 8.14. The standard InChI is InChI=1S/C18H19ClN2O4S/c1-24-17-9-8-12(10-18(17)25-2)15-11-16(21(20-15)26(3,22)23)13-6-4-5-7-14(13)19/h4-10,16H,11H2,1-3H3. The molecule has 0 radical (unpaired) electrons. The highest BCUT2D eigenvalue weighted by atomic mass is 35.5. The number of benzene rings is 2. The van der Waals surface area contributed by atoms with Crippen molar-refractivity contribution in [3.63, 3.8) is 0 Å². The predicted octanol–water partition coefficient (Wildman–Crippen LogP) is 3.47. The van der Waals surface area contributed by atoms with Gasteiger partial charge in [0.2, 0.25) is 10.0 Å². The third-order valence-corrected chi connectivity index (χ3v) is 5.55. The first-order valence-corrected chi connectivity index (χ1v) is 10.1. The summed E-state index contributed by atoms with van der Waals surface area (Å²) in [6, 6.07) is 12.1. The Morgan fingerprint density at radius 2 is 1.81 bits per heavy atom. The van der Waals surface area contributed by atoms with Crippen molar-refractivity contribution in [3.8, 4) is 11.5 Å². The van der Waals surface area contributed by atoms with E-state index in [1.165, 1.54) is 0 Å². The van der Waals surface area contributed by atoms with E-state index in [1.54, 1.807) is 32.4 Å². The van der Waals surface area contributed by atoms with Gasteiger partial charge in [-0.3, -0.25) is 0 Å². The second-order valence-electron chi connectivity index (χ2n) is 5.89. The van der Waals surface area contributed by atoms with E-state index in [9.17, 15) is 8.42 Å². The van der Waals surface area contributed by atoms with Gasteiger partial charge in [0.25, 0.3) is 0 Å². The number of sulfonamides is 1. The van der Waals surface area contributed by atoms with Crippen molar-refractivity contribution in [2.75, 3.05) is 20.5 Å². The summed E-state index contributed by atoms with van der Waals surface area (Å²) in [4.78, 5) is 0. The normalized spacial score (nSPS) is 17.2. The van der Waals surface area contributed by atoms with Gasteiger partial charge in [-0.25, -0.2) is 8.42 Å². The molecule has 1 unspecified atom stereocenters. The van der Waals surface area contributed by atoms with Crippen molar-refractivity contribution < 1.29 is 17.9 Å². The Bertz CT molecular complexity index is 959. The fourth-order valence-corrected chi connectivity index (χ4v) is 4.12. The zero-order chi connectivity index (χ0) is 18.9. The Hall–Kier alpha value is -2.25. The molecule has 2 aromatic rings. The zero-order valence-electron chi connectivity index (χ0n) is 14.6. The van der Waals surface area contributed by atoms with Gasteiger partial charge in [0.15, 0.2) is 11.5 Å². The van der Waals surface area contributed by atoms with Crippen molar-refractivity contribution in [2.45, 2.75) is 12.5 Å². The molecule has 8 heteroatoms. The van der Waals surface area contributed by atoms with Crippen LogP contribution in [0.2, 0.25) is 5.02 Å². The molecule has 0 fully saturated rings. The first kappa shape index (κ1) is 18.5. The van der Waals surface area contributed by atoms with E-state index in [1.807, 2.05) is 24.3 Å². The number of hydrazone groups is 1. The van der Waals surface area contributed by atoms with Crippen molar-refractivity contribution in [1.29, 1.82) is 0 Å². The molecule has 0 amide bonds. The van der Waals surface area contributed by atoms with Gasteiger partial charge in [0, 0.05) is 17.0 Å². The summed E-state index contributed by atoms with van der Waals surface area (Å²) in [5.74, 6) is 1.15. The minimum atomic E-state index is -3.55. The van der Waals surface area contributed by atoms with E-state index in [-0.39, 0.29) is 0 Å². The summed E-state index contributed by atoms with van der Waals surface area (Å²) < 4.78 is 36.2. The average Bonchev–Trinajstić information content (AvgIpc) is 3.07. The molecule has 1 atom stereocenters. The van der Waals surface area contributed by atoms with Gasteiger partial charge in [0.05, 0.1) is 32.2 Å². The Kier molecular flexibility index (Phi) is 5.11. The van der Waals surface area contributed by atoms with Crippen LogP contribution in [0.5, 0.6) is 11.5 Å². The van der Waals surface area contributed by atoms with Crippen molar-refractivity contribution in [1.82, 2.24) is 4.41 Å². The minimum absolute atomic E-state index is 0.409. The van der Waals surface area contributed by atoms with Crippen LogP contribution in [0.3, 0.4) is 0 Å². The number of methoxy groups -OCH3 is 2. The van der Waals surface area contributed by atoms with Crippen LogP contribution in [0.1, 0.15) is 23.6 Å². The molecule has 0 bridgehead atoms. The summed E-state index contributed by atoms with van der Waals surface area (Å²) in [6.07, 6.45) is 1.55. The van der Waals surface area contributed by atoms with Gasteiger partial charge in [-0.15, -0.1) is 0 Å². The SMILES string of the molecule is COc1ccc(C2=NN(S(C)(=O)=O)C(c3ccccc3Cl)C2)cc1OC. The highest BCUT2D eigenvalue weighted by molar-refractivity contribution is 7.88. The van der Waals surface area contributed by atoms with E-state index < -0.39 is 16.1 Å². The number of halogens is 1. The molecule has 138 valence electrons. The Morgan fingerprint density at radius 1 is 1.12 bits per heavy atom. The lowest BCUT2D eigenvalue weighted by Crippen LogP contribution is -2.26. The quantitative estimate of drug-likeness (QED) is 0.778. The van der Waals surface area contributed by atoms with Crippen LogP contribution in [-0.2, 0) is 10.0 Å². The maximum atomic E-state index is 12.3. The molecule has 6 nitrogen and oxygen atoms in total. The van der Waals surface area contributed by atoms with Gasteiger partial charge in [-0.05, 0) is 29.8 Å². The molecular weight excluding hydrogens is 376 g/mol. The molecule has 0 N–H and O–H groups in total. The van der Waals surface area contributed by atoms with Crippen LogP contribution in [0.25, 0.3) is 0 Å². The summed E-state index contributed by atoms with van der Waals surface area (Å²) in [5.41, 5.74) is 2.13. The number of rotatable bonds is 5. The summed E-state index contributed by atoms with van der Waals surface area (Å²) in [6.45, 7) is 0. The highest BCUT2D eigenvalue weighted by Gasteiger charge is 2.35. The Morgan fingerprint density at radius 3 is 2.42 bits per heavy atom. The minimum Gasteiger partial charge on any atom is -0.493 e. The molecule has 0 saturated carbocycles. The van der Waals surface area contributed by atoms with Crippen LogP contribution < -0.4 is 9.47 Å². The molecule has 0 aromatic heterocycles. The fourth-order valence-electron chi connectivity index (χ4n) is 2.96. The van der Waals surface area contributed by atoms with Crippen molar-refractivity contribution in [2.24, 2.45) is 5.10 Å². The van der Waals surface area contributed by atoms with Gasteiger partial charge in [-0.2, -0.15) is 9.52 Å². The molecule has 0 aliphatic carbocycles. The Balaban J connectivity index is 2.04. The van der Waals surface area contributed by atoms with Gasteiger partial charge < -0.3 is 9.47 Å². The van der Waals surface area contributed by atoms with E-state index >= 15 is 0 Å². The maximum Gasteiger partial charge on any atom is 0.247 e. The summed E-state index contributed by atoms with van der Waals surface area (Å²) in [5, 5.41) is 4.88. The lowest BCUT2D eigenvalue weighted by Gasteiger charge is -2.22. The molecule has 3 rings (SSSR count). The van der Waals surface area contributed by atoms with Gasteiger partial charge in [0.1, 0.15) is 0 Å². The third-order valence-electron chi connectivity index (χ3n) is 4.19. The third kappa shape index (κ3) is 3.50. The molecule has 0 spiro atoms. The van der Waals surface area contributed by atoms with Gasteiger partial charge in [-0.1, -0.05) is 29.8 Å². The lowest BCUT2D eigenvalue weighted by molar-refractivity contribution is 0.355. The van der Waals surface area contributed by atoms with Crippen LogP contribution in [-0.4, -0.2) is 39.0 Å². The number of nitrogens with zero attached hydrogens (tertiary/aromatic N) is 2. The largest absolute Gasteiger partial charge is 0.493 e. The van der Waals surface area contributed by atoms with Crippen LogP contribution in [0.15, 0.2) is 47.6 Å². The topological polar surface area (TPSA) is 68.2 Å².